The predicted molar refractivity (Wildman–Crippen MR) is 74.9 cm³/mol. The molecule has 1 atom stereocenters. The second kappa shape index (κ2) is 5.25. The van der Waals surface area contributed by atoms with Gasteiger partial charge in [-0.05, 0) is 24.3 Å². The SMILES string of the molecule is Fc1cccc(F)c1CC(Cl)c1cc2ccccc2o1. The topological polar surface area (TPSA) is 13.1 Å². The van der Waals surface area contributed by atoms with Crippen LogP contribution in [-0.2, 0) is 6.42 Å². The van der Waals surface area contributed by atoms with Crippen molar-refractivity contribution in [2.24, 2.45) is 0 Å². The molecule has 0 spiro atoms. The molecule has 0 fully saturated rings. The molecule has 0 N–H and O–H groups in total. The fourth-order valence-corrected chi connectivity index (χ4v) is 2.43. The van der Waals surface area contributed by atoms with Crippen LogP contribution in [0.1, 0.15) is 16.7 Å². The van der Waals surface area contributed by atoms with Gasteiger partial charge in [0.2, 0.25) is 0 Å². The molecule has 0 saturated heterocycles. The van der Waals surface area contributed by atoms with Gasteiger partial charge in [-0.1, -0.05) is 24.3 Å². The molecule has 1 heterocycles. The average Bonchev–Trinajstić information content (AvgIpc) is 2.87. The van der Waals surface area contributed by atoms with Crippen molar-refractivity contribution in [1.82, 2.24) is 0 Å². The van der Waals surface area contributed by atoms with Crippen LogP contribution < -0.4 is 0 Å². The van der Waals surface area contributed by atoms with Gasteiger partial charge < -0.3 is 4.42 Å². The average molecular weight is 293 g/mol. The molecule has 4 heteroatoms. The normalized spacial score (nSPS) is 12.8. The molecule has 102 valence electrons. The standard InChI is InChI=1S/C16H11ClF2O/c17-12(9-11-13(18)5-3-6-14(11)19)16-8-10-4-1-2-7-15(10)20-16/h1-8,12H,9H2. The first kappa shape index (κ1) is 13.1. The lowest BCUT2D eigenvalue weighted by Crippen LogP contribution is -2.00. The second-order valence-corrected chi connectivity index (χ2v) is 5.09. The van der Waals surface area contributed by atoms with Crippen LogP contribution in [0.2, 0.25) is 0 Å². The lowest BCUT2D eigenvalue weighted by molar-refractivity contribution is 0.518. The van der Waals surface area contributed by atoms with E-state index in [4.69, 9.17) is 16.0 Å². The zero-order valence-corrected chi connectivity index (χ0v) is 11.2. The molecule has 0 aliphatic carbocycles. The third kappa shape index (κ3) is 2.41. The van der Waals surface area contributed by atoms with Crippen molar-refractivity contribution < 1.29 is 13.2 Å². The molecule has 0 amide bonds. The fraction of sp³-hybridized carbons (Fsp3) is 0.125. The van der Waals surface area contributed by atoms with Crippen LogP contribution in [-0.4, -0.2) is 0 Å². The molecule has 20 heavy (non-hydrogen) atoms. The number of hydrogen-bond donors (Lipinski definition) is 0. The Hall–Kier alpha value is -1.87. The van der Waals surface area contributed by atoms with E-state index in [1.165, 1.54) is 18.2 Å². The highest BCUT2D eigenvalue weighted by atomic mass is 35.5. The summed E-state index contributed by atoms with van der Waals surface area (Å²) >= 11 is 6.23. The van der Waals surface area contributed by atoms with Gasteiger partial charge >= 0.3 is 0 Å². The van der Waals surface area contributed by atoms with Crippen LogP contribution in [0.25, 0.3) is 11.0 Å². The molecular weight excluding hydrogens is 282 g/mol. The Morgan fingerprint density at radius 2 is 1.70 bits per heavy atom. The summed E-state index contributed by atoms with van der Waals surface area (Å²) < 4.78 is 32.8. The zero-order chi connectivity index (χ0) is 14.1. The highest BCUT2D eigenvalue weighted by Gasteiger charge is 2.18. The van der Waals surface area contributed by atoms with Crippen molar-refractivity contribution in [2.75, 3.05) is 0 Å². The van der Waals surface area contributed by atoms with Gasteiger partial charge in [0.1, 0.15) is 23.0 Å². The molecule has 2 aromatic carbocycles. The van der Waals surface area contributed by atoms with Crippen molar-refractivity contribution in [1.29, 1.82) is 0 Å². The lowest BCUT2D eigenvalue weighted by Gasteiger charge is -2.08. The van der Waals surface area contributed by atoms with E-state index in [-0.39, 0.29) is 12.0 Å². The molecule has 0 bridgehead atoms. The number of furan rings is 1. The maximum atomic E-state index is 13.6. The molecule has 1 aromatic heterocycles. The van der Waals surface area contributed by atoms with Crippen LogP contribution >= 0.6 is 11.6 Å². The third-order valence-electron chi connectivity index (χ3n) is 3.20. The van der Waals surface area contributed by atoms with Gasteiger partial charge in [0.15, 0.2) is 0 Å². The fourth-order valence-electron chi connectivity index (χ4n) is 2.16. The number of alkyl halides is 1. The minimum Gasteiger partial charge on any atom is -0.459 e. The highest BCUT2D eigenvalue weighted by molar-refractivity contribution is 6.20. The first-order valence-corrected chi connectivity index (χ1v) is 6.64. The maximum Gasteiger partial charge on any atom is 0.134 e. The van der Waals surface area contributed by atoms with Crippen LogP contribution in [0.5, 0.6) is 0 Å². The summed E-state index contributed by atoms with van der Waals surface area (Å²) in [5.74, 6) is -0.672. The van der Waals surface area contributed by atoms with Gasteiger partial charge in [-0.2, -0.15) is 0 Å². The van der Waals surface area contributed by atoms with Crippen molar-refractivity contribution in [3.8, 4) is 0 Å². The summed E-state index contributed by atoms with van der Waals surface area (Å²) in [4.78, 5) is 0. The van der Waals surface area contributed by atoms with Gasteiger partial charge in [0.25, 0.3) is 0 Å². The molecule has 0 saturated carbocycles. The van der Waals surface area contributed by atoms with E-state index in [9.17, 15) is 8.78 Å². The molecule has 0 aliphatic rings. The van der Waals surface area contributed by atoms with E-state index in [0.29, 0.717) is 11.3 Å². The number of hydrogen-bond acceptors (Lipinski definition) is 1. The molecule has 1 unspecified atom stereocenters. The van der Waals surface area contributed by atoms with Crippen LogP contribution in [0.15, 0.2) is 52.9 Å². The lowest BCUT2D eigenvalue weighted by atomic mass is 10.1. The highest BCUT2D eigenvalue weighted by Crippen LogP contribution is 2.31. The third-order valence-corrected chi connectivity index (χ3v) is 3.57. The van der Waals surface area contributed by atoms with Crippen molar-refractivity contribution >= 4 is 22.6 Å². The minimum absolute atomic E-state index is 0.0204. The van der Waals surface area contributed by atoms with Crippen molar-refractivity contribution in [3.05, 3.63) is 71.5 Å². The number of rotatable bonds is 3. The molecule has 0 aliphatic heterocycles. The Bertz CT molecular complexity index is 698. The molecule has 3 rings (SSSR count). The van der Waals surface area contributed by atoms with Crippen molar-refractivity contribution in [3.63, 3.8) is 0 Å². The summed E-state index contributed by atoms with van der Waals surface area (Å²) in [6.45, 7) is 0. The number of halogens is 3. The first-order valence-electron chi connectivity index (χ1n) is 6.20. The Labute approximate surface area is 119 Å². The van der Waals surface area contributed by atoms with Gasteiger partial charge in [0, 0.05) is 17.4 Å². The van der Waals surface area contributed by atoms with Crippen LogP contribution in [0.3, 0.4) is 0 Å². The Balaban J connectivity index is 1.91. The van der Waals surface area contributed by atoms with Crippen molar-refractivity contribution in [2.45, 2.75) is 11.8 Å². The van der Waals surface area contributed by atoms with E-state index < -0.39 is 17.0 Å². The molecule has 3 aromatic rings. The Kier molecular flexibility index (Phi) is 3.45. The maximum absolute atomic E-state index is 13.6. The molecule has 1 nitrogen and oxygen atoms in total. The summed E-state index contributed by atoms with van der Waals surface area (Å²) in [6, 6.07) is 13.0. The van der Waals surface area contributed by atoms with Crippen LogP contribution in [0.4, 0.5) is 8.78 Å². The van der Waals surface area contributed by atoms with Crippen LogP contribution in [0, 0.1) is 11.6 Å². The quantitative estimate of drug-likeness (QED) is 0.602. The Morgan fingerprint density at radius 3 is 2.40 bits per heavy atom. The first-order chi connectivity index (χ1) is 9.65. The Morgan fingerprint density at radius 1 is 1.00 bits per heavy atom. The van der Waals surface area contributed by atoms with Gasteiger partial charge in [-0.25, -0.2) is 8.78 Å². The van der Waals surface area contributed by atoms with E-state index in [0.717, 1.165) is 5.39 Å². The molecule has 0 radical (unpaired) electrons. The summed E-state index contributed by atoms with van der Waals surface area (Å²) in [6.07, 6.45) is 0.0416. The van der Waals surface area contributed by atoms with E-state index >= 15 is 0 Å². The van der Waals surface area contributed by atoms with Gasteiger partial charge in [-0.15, -0.1) is 11.6 Å². The monoisotopic (exact) mass is 292 g/mol. The second-order valence-electron chi connectivity index (χ2n) is 4.56. The van der Waals surface area contributed by atoms with E-state index in [2.05, 4.69) is 0 Å². The van der Waals surface area contributed by atoms with E-state index in [1.807, 2.05) is 24.3 Å². The summed E-state index contributed by atoms with van der Waals surface area (Å²) in [7, 11) is 0. The number of para-hydroxylation sites is 1. The number of fused-ring (bicyclic) bond motifs is 1. The van der Waals surface area contributed by atoms with Gasteiger partial charge in [0.05, 0.1) is 5.38 Å². The zero-order valence-electron chi connectivity index (χ0n) is 10.4. The van der Waals surface area contributed by atoms with Gasteiger partial charge in [-0.3, -0.25) is 0 Å². The van der Waals surface area contributed by atoms with E-state index in [1.54, 1.807) is 6.07 Å². The predicted octanol–water partition coefficient (Wildman–Crippen LogP) is 5.23. The smallest absolute Gasteiger partial charge is 0.134 e. The largest absolute Gasteiger partial charge is 0.459 e. The number of benzene rings is 2. The summed E-state index contributed by atoms with van der Waals surface area (Å²) in [5, 5.41) is 0.302. The summed E-state index contributed by atoms with van der Waals surface area (Å²) in [5.41, 5.74) is 0.690. The molecular formula is C16H11ClF2O. The minimum atomic E-state index is -0.617.